The second kappa shape index (κ2) is 3.97. The van der Waals surface area contributed by atoms with Crippen LogP contribution in [0.4, 0.5) is 10.1 Å². The molecule has 1 aromatic carbocycles. The first-order valence-corrected chi connectivity index (χ1v) is 3.88. The molecule has 1 rings (SSSR count). The van der Waals surface area contributed by atoms with Crippen LogP contribution < -0.4 is 5.73 Å². The van der Waals surface area contributed by atoms with Gasteiger partial charge in [0.1, 0.15) is 5.82 Å². The van der Waals surface area contributed by atoms with E-state index in [1.165, 1.54) is 6.08 Å². The second-order valence-electron chi connectivity index (χ2n) is 2.72. The number of benzene rings is 1. The number of halogens is 1. The zero-order chi connectivity index (χ0) is 10.7. The summed E-state index contributed by atoms with van der Waals surface area (Å²) in [6, 6.07) is 2.43. The van der Waals surface area contributed by atoms with E-state index >= 15 is 0 Å². The van der Waals surface area contributed by atoms with E-state index < -0.39 is 16.8 Å². The van der Waals surface area contributed by atoms with E-state index in [2.05, 4.69) is 6.58 Å². The first-order chi connectivity index (χ1) is 6.56. The molecule has 1 aromatic rings. The molecule has 4 nitrogen and oxygen atoms in total. The molecule has 0 radical (unpaired) electrons. The van der Waals surface area contributed by atoms with Crippen LogP contribution >= 0.6 is 0 Å². The molecule has 0 aliphatic rings. The van der Waals surface area contributed by atoms with Crippen molar-refractivity contribution in [2.24, 2.45) is 5.73 Å². The lowest BCUT2D eigenvalue weighted by atomic mass is 10.1. The average Bonchev–Trinajstić information content (AvgIpc) is 2.16. The second-order valence-corrected chi connectivity index (χ2v) is 2.72. The third-order valence-corrected chi connectivity index (χ3v) is 1.80. The Morgan fingerprint density at radius 3 is 2.79 bits per heavy atom. The van der Waals surface area contributed by atoms with Gasteiger partial charge < -0.3 is 5.73 Å². The van der Waals surface area contributed by atoms with Gasteiger partial charge in [0, 0.05) is 6.07 Å². The number of nitrogens with zero attached hydrogens (tertiary/aromatic N) is 1. The summed E-state index contributed by atoms with van der Waals surface area (Å²) >= 11 is 0. The van der Waals surface area contributed by atoms with E-state index in [1.54, 1.807) is 0 Å². The Morgan fingerprint density at radius 2 is 2.29 bits per heavy atom. The molecule has 1 unspecified atom stereocenters. The van der Waals surface area contributed by atoms with Gasteiger partial charge in [-0.1, -0.05) is 6.08 Å². The zero-order valence-corrected chi connectivity index (χ0v) is 7.31. The summed E-state index contributed by atoms with van der Waals surface area (Å²) in [6.07, 6.45) is 1.32. The topological polar surface area (TPSA) is 69.2 Å². The summed E-state index contributed by atoms with van der Waals surface area (Å²) in [7, 11) is 0. The van der Waals surface area contributed by atoms with E-state index in [9.17, 15) is 14.5 Å². The van der Waals surface area contributed by atoms with Gasteiger partial charge in [0.05, 0.1) is 16.5 Å². The van der Waals surface area contributed by atoms with E-state index in [1.807, 2.05) is 0 Å². The first kappa shape index (κ1) is 10.3. The summed E-state index contributed by atoms with van der Waals surface area (Å²) in [6.45, 7) is 3.40. The van der Waals surface area contributed by atoms with Gasteiger partial charge in [-0.2, -0.15) is 0 Å². The molecular formula is C9H9FN2O2. The molecule has 0 bridgehead atoms. The van der Waals surface area contributed by atoms with Crippen molar-refractivity contribution in [3.05, 3.63) is 52.3 Å². The predicted octanol–water partition coefficient (Wildman–Crippen LogP) is 1.92. The van der Waals surface area contributed by atoms with Crippen molar-refractivity contribution in [2.45, 2.75) is 6.04 Å². The highest BCUT2D eigenvalue weighted by Gasteiger charge is 2.17. The van der Waals surface area contributed by atoms with Crippen LogP contribution in [-0.4, -0.2) is 4.92 Å². The normalized spacial score (nSPS) is 12.1. The minimum Gasteiger partial charge on any atom is -0.321 e. The van der Waals surface area contributed by atoms with Gasteiger partial charge in [0.25, 0.3) is 5.69 Å². The molecule has 0 heterocycles. The number of nitro benzene ring substituents is 1. The lowest BCUT2D eigenvalue weighted by molar-refractivity contribution is -0.385. The fraction of sp³-hybridized carbons (Fsp3) is 0.111. The molecule has 0 amide bonds. The summed E-state index contributed by atoms with van der Waals surface area (Å²) in [5.41, 5.74) is 5.45. The summed E-state index contributed by atoms with van der Waals surface area (Å²) in [5.74, 6) is -0.553. The zero-order valence-electron chi connectivity index (χ0n) is 7.31. The van der Waals surface area contributed by atoms with Crippen molar-refractivity contribution < 1.29 is 9.31 Å². The maximum absolute atomic E-state index is 12.8. The van der Waals surface area contributed by atoms with Crippen LogP contribution in [0.2, 0.25) is 0 Å². The van der Waals surface area contributed by atoms with Crippen LogP contribution in [0.25, 0.3) is 0 Å². The van der Waals surface area contributed by atoms with Crippen molar-refractivity contribution in [3.8, 4) is 0 Å². The van der Waals surface area contributed by atoms with E-state index in [4.69, 9.17) is 5.73 Å². The molecule has 1 atom stereocenters. The Balaban J connectivity index is 3.29. The highest BCUT2D eigenvalue weighted by atomic mass is 19.1. The molecule has 2 N–H and O–H groups in total. The van der Waals surface area contributed by atoms with Crippen molar-refractivity contribution in [3.63, 3.8) is 0 Å². The van der Waals surface area contributed by atoms with Crippen LogP contribution in [0.1, 0.15) is 11.6 Å². The minimum absolute atomic E-state index is 0.130. The number of nitrogens with two attached hydrogens (primary N) is 1. The van der Waals surface area contributed by atoms with Gasteiger partial charge in [-0.3, -0.25) is 10.1 Å². The smallest absolute Gasteiger partial charge is 0.274 e. The van der Waals surface area contributed by atoms with E-state index in [0.29, 0.717) is 0 Å². The molecule has 14 heavy (non-hydrogen) atoms. The third kappa shape index (κ3) is 1.94. The lowest BCUT2D eigenvalue weighted by Crippen LogP contribution is -2.09. The first-order valence-electron chi connectivity index (χ1n) is 3.88. The SMILES string of the molecule is C=CC(N)c1cc(F)ccc1[N+](=O)[O-]. The van der Waals surface area contributed by atoms with Gasteiger partial charge in [-0.15, -0.1) is 6.58 Å². The predicted molar refractivity (Wildman–Crippen MR) is 50.2 cm³/mol. The molecule has 0 spiro atoms. The molecule has 0 aliphatic carbocycles. The molecular weight excluding hydrogens is 187 g/mol. The van der Waals surface area contributed by atoms with E-state index in [0.717, 1.165) is 18.2 Å². The molecule has 0 saturated heterocycles. The maximum atomic E-state index is 12.8. The Labute approximate surface area is 80.0 Å². The highest BCUT2D eigenvalue weighted by molar-refractivity contribution is 5.43. The monoisotopic (exact) mass is 196 g/mol. The summed E-state index contributed by atoms with van der Waals surface area (Å²) < 4.78 is 12.8. The van der Waals surface area contributed by atoms with Crippen LogP contribution in [0.15, 0.2) is 30.9 Å². The number of nitro groups is 1. The van der Waals surface area contributed by atoms with Crippen molar-refractivity contribution in [1.82, 2.24) is 0 Å². The van der Waals surface area contributed by atoms with Gasteiger partial charge in [0.15, 0.2) is 0 Å². The van der Waals surface area contributed by atoms with Crippen LogP contribution in [-0.2, 0) is 0 Å². The van der Waals surface area contributed by atoms with Crippen molar-refractivity contribution in [1.29, 1.82) is 0 Å². The maximum Gasteiger partial charge on any atom is 0.274 e. The molecule has 0 aliphatic heterocycles. The van der Waals surface area contributed by atoms with Gasteiger partial charge in [-0.05, 0) is 12.1 Å². The van der Waals surface area contributed by atoms with E-state index in [-0.39, 0.29) is 11.3 Å². The standard InChI is InChI=1S/C9H9FN2O2/c1-2-8(11)7-5-6(10)3-4-9(7)12(13)14/h2-5,8H,1,11H2. The van der Waals surface area contributed by atoms with Gasteiger partial charge in [-0.25, -0.2) is 4.39 Å². The molecule has 74 valence electrons. The van der Waals surface area contributed by atoms with Crippen LogP contribution in [0.3, 0.4) is 0 Å². The highest BCUT2D eigenvalue weighted by Crippen LogP contribution is 2.24. The summed E-state index contributed by atoms with van der Waals surface area (Å²) in [5, 5.41) is 10.5. The number of rotatable bonds is 3. The Kier molecular flexibility index (Phi) is 2.93. The average molecular weight is 196 g/mol. The Bertz CT molecular complexity index is 379. The Hall–Kier alpha value is -1.75. The molecule has 0 fully saturated rings. The molecule has 0 aromatic heterocycles. The molecule has 5 heteroatoms. The quantitative estimate of drug-likeness (QED) is 0.456. The van der Waals surface area contributed by atoms with Crippen LogP contribution in [0.5, 0.6) is 0 Å². The van der Waals surface area contributed by atoms with Crippen molar-refractivity contribution in [2.75, 3.05) is 0 Å². The fourth-order valence-electron chi connectivity index (χ4n) is 1.09. The minimum atomic E-state index is -0.730. The summed E-state index contributed by atoms with van der Waals surface area (Å²) in [4.78, 5) is 9.95. The third-order valence-electron chi connectivity index (χ3n) is 1.80. The molecule has 0 saturated carbocycles. The largest absolute Gasteiger partial charge is 0.321 e. The Morgan fingerprint density at radius 1 is 1.64 bits per heavy atom. The fourth-order valence-corrected chi connectivity index (χ4v) is 1.09. The van der Waals surface area contributed by atoms with Gasteiger partial charge in [0.2, 0.25) is 0 Å². The van der Waals surface area contributed by atoms with Gasteiger partial charge >= 0.3 is 0 Å². The van der Waals surface area contributed by atoms with Crippen molar-refractivity contribution >= 4 is 5.69 Å². The number of hydrogen-bond donors (Lipinski definition) is 1. The number of hydrogen-bond acceptors (Lipinski definition) is 3. The lowest BCUT2D eigenvalue weighted by Gasteiger charge is -2.06. The van der Waals surface area contributed by atoms with Crippen LogP contribution in [0, 0.1) is 15.9 Å².